The first kappa shape index (κ1) is 32.7. The van der Waals surface area contributed by atoms with Crippen molar-refractivity contribution in [3.05, 3.63) is 77.5 Å². The van der Waals surface area contributed by atoms with Crippen LogP contribution < -0.4 is 9.64 Å². The summed E-state index contributed by atoms with van der Waals surface area (Å²) in [7, 11) is 0. The van der Waals surface area contributed by atoms with Crippen LogP contribution in [0.2, 0.25) is 0 Å². The van der Waals surface area contributed by atoms with Crippen LogP contribution in [0.1, 0.15) is 76.8 Å². The molecule has 47 heavy (non-hydrogen) atoms. The molecule has 7 rings (SSSR count). The lowest BCUT2D eigenvalue weighted by Gasteiger charge is -2.41. The summed E-state index contributed by atoms with van der Waals surface area (Å²) in [5.41, 5.74) is 5.59. The maximum Gasteiger partial charge on any atom is 0.337 e. The van der Waals surface area contributed by atoms with Crippen molar-refractivity contribution in [1.82, 2.24) is 14.6 Å². The number of aliphatic carboxylic acids is 1. The molecule has 0 spiro atoms. The first-order valence-electron chi connectivity index (χ1n) is 16.5. The van der Waals surface area contributed by atoms with E-state index < -0.39 is 17.7 Å². The number of fused-ring (bicyclic) bond motifs is 7. The van der Waals surface area contributed by atoms with Crippen LogP contribution in [0.4, 0.5) is 5.82 Å². The molecule has 4 aromatic rings. The summed E-state index contributed by atoms with van der Waals surface area (Å²) >= 11 is 0. The van der Waals surface area contributed by atoms with Gasteiger partial charge in [0.05, 0.1) is 35.2 Å². The smallest absolute Gasteiger partial charge is 0.337 e. The van der Waals surface area contributed by atoms with Gasteiger partial charge in [-0.25, -0.2) is 9.78 Å². The molecule has 1 N–H and O–H groups in total. The molecule has 9 heteroatoms. The standard InChI is InChI=1S/C38H46N4O5/c1-24-14-15-29-27-12-10-13-28(22-27)30-23-32-39-26(3)33(34(36(43)44)47-37(4,5)6)35(42(32)40-30)41-18-16-38(7,17-19-41)45-20-9-8-11-25(2)46-31(29)21-24/h8-10,12-15,21-23,25,34H,11,16-20H2,1-7H3,(H,43,44)/b9-8+/t25-,34+/m1/s1. The van der Waals surface area contributed by atoms with Crippen LogP contribution in [0.3, 0.4) is 0 Å². The Balaban J connectivity index is 1.54. The molecule has 0 amide bonds. The molecule has 2 aromatic carbocycles. The number of ether oxygens (including phenoxy) is 3. The average molecular weight is 639 g/mol. The highest BCUT2D eigenvalue weighted by Gasteiger charge is 2.37. The first-order valence-corrected chi connectivity index (χ1v) is 16.5. The summed E-state index contributed by atoms with van der Waals surface area (Å²) in [5.74, 6) is 0.476. The van der Waals surface area contributed by atoms with E-state index in [1.807, 2.05) is 45.9 Å². The number of rotatable bonds is 3. The third-order valence-electron chi connectivity index (χ3n) is 8.98. The van der Waals surface area contributed by atoms with Crippen LogP contribution >= 0.6 is 0 Å². The Morgan fingerprint density at radius 2 is 1.81 bits per heavy atom. The van der Waals surface area contributed by atoms with E-state index in [9.17, 15) is 9.90 Å². The molecule has 6 bridgehead atoms. The summed E-state index contributed by atoms with van der Waals surface area (Å²) in [6.45, 7) is 15.6. The van der Waals surface area contributed by atoms with Gasteiger partial charge in [0.1, 0.15) is 11.6 Å². The average Bonchev–Trinajstić information content (AvgIpc) is 3.43. The van der Waals surface area contributed by atoms with Crippen LogP contribution in [0.5, 0.6) is 5.75 Å². The predicted molar refractivity (Wildman–Crippen MR) is 184 cm³/mol. The lowest BCUT2D eigenvalue weighted by atomic mass is 9.92. The van der Waals surface area contributed by atoms with Gasteiger partial charge in [0.25, 0.3) is 0 Å². The van der Waals surface area contributed by atoms with Gasteiger partial charge in [-0.15, -0.1) is 0 Å². The van der Waals surface area contributed by atoms with E-state index in [2.05, 4.69) is 68.2 Å². The van der Waals surface area contributed by atoms with Gasteiger partial charge in [-0.3, -0.25) is 0 Å². The Kier molecular flexibility index (Phi) is 8.89. The van der Waals surface area contributed by atoms with Gasteiger partial charge >= 0.3 is 5.97 Å². The Bertz CT molecular complexity index is 1810. The second-order valence-corrected chi connectivity index (χ2v) is 14.1. The fourth-order valence-corrected chi connectivity index (χ4v) is 6.47. The quantitative estimate of drug-likeness (QED) is 0.228. The number of nitrogens with zero attached hydrogens (tertiary/aromatic N) is 4. The first-order chi connectivity index (χ1) is 22.3. The van der Waals surface area contributed by atoms with Crippen molar-refractivity contribution >= 4 is 17.4 Å². The minimum Gasteiger partial charge on any atom is -0.490 e. The molecular formula is C38H46N4O5. The molecule has 0 unspecified atom stereocenters. The SMILES string of the molecule is Cc1ccc2c(c1)O[C@H](C)C/C=C/COC1(C)CCN(CC1)c1c([C@H](OC(C)(C)C)C(=O)O)c(C)nc3cc(nn13)-c1cccc-2c1. The van der Waals surface area contributed by atoms with E-state index in [0.717, 1.165) is 53.0 Å². The number of carbonyl (C=O) groups is 1. The van der Waals surface area contributed by atoms with E-state index in [0.29, 0.717) is 42.4 Å². The van der Waals surface area contributed by atoms with Crippen molar-refractivity contribution in [2.75, 3.05) is 24.6 Å². The maximum atomic E-state index is 12.8. The molecule has 0 radical (unpaired) electrons. The van der Waals surface area contributed by atoms with Crippen molar-refractivity contribution in [3.8, 4) is 28.1 Å². The van der Waals surface area contributed by atoms with Crippen LogP contribution in [0, 0.1) is 13.8 Å². The number of benzene rings is 2. The zero-order chi connectivity index (χ0) is 33.5. The fraction of sp³-hybridized carbons (Fsp3) is 0.447. The van der Waals surface area contributed by atoms with Gasteiger partial charge in [0, 0.05) is 42.4 Å². The van der Waals surface area contributed by atoms with Crippen LogP contribution in [0.25, 0.3) is 28.0 Å². The summed E-state index contributed by atoms with van der Waals surface area (Å²) in [4.78, 5) is 19.9. The molecule has 2 atom stereocenters. The molecule has 1 fully saturated rings. The lowest BCUT2D eigenvalue weighted by Crippen LogP contribution is -2.45. The van der Waals surface area contributed by atoms with Crippen molar-refractivity contribution in [1.29, 1.82) is 0 Å². The van der Waals surface area contributed by atoms with Gasteiger partial charge in [0.15, 0.2) is 11.8 Å². The fourth-order valence-electron chi connectivity index (χ4n) is 6.47. The molecule has 5 heterocycles. The zero-order valence-corrected chi connectivity index (χ0v) is 28.5. The van der Waals surface area contributed by atoms with Crippen LogP contribution in [-0.2, 0) is 14.3 Å². The minimum atomic E-state index is -1.22. The minimum absolute atomic E-state index is 0.0170. The van der Waals surface area contributed by atoms with Gasteiger partial charge < -0.3 is 24.2 Å². The third kappa shape index (κ3) is 7.06. The Morgan fingerprint density at radius 3 is 2.53 bits per heavy atom. The topological polar surface area (TPSA) is 98.4 Å². The molecule has 0 aliphatic carbocycles. The summed E-state index contributed by atoms with van der Waals surface area (Å²) < 4.78 is 20.9. The molecule has 1 saturated heterocycles. The van der Waals surface area contributed by atoms with Crippen molar-refractivity contribution in [2.24, 2.45) is 0 Å². The van der Waals surface area contributed by atoms with Crippen molar-refractivity contribution < 1.29 is 24.1 Å². The Labute approximate surface area is 277 Å². The number of carboxylic acids is 1. The highest BCUT2D eigenvalue weighted by Crippen LogP contribution is 2.39. The van der Waals surface area contributed by atoms with E-state index >= 15 is 0 Å². The van der Waals surface area contributed by atoms with E-state index in [1.54, 1.807) is 4.52 Å². The molecule has 0 saturated carbocycles. The molecule has 248 valence electrons. The second-order valence-electron chi connectivity index (χ2n) is 14.1. The van der Waals surface area contributed by atoms with Crippen molar-refractivity contribution in [2.45, 2.75) is 91.1 Å². The number of carboxylic acid groups (broad SMARTS) is 1. The zero-order valence-electron chi connectivity index (χ0n) is 28.5. The predicted octanol–water partition coefficient (Wildman–Crippen LogP) is 7.72. The highest BCUT2D eigenvalue weighted by molar-refractivity contribution is 5.80. The van der Waals surface area contributed by atoms with Crippen LogP contribution in [-0.4, -0.2) is 62.7 Å². The Hall–Kier alpha value is -4.21. The number of hydrogen-bond donors (Lipinski definition) is 1. The molecular weight excluding hydrogens is 592 g/mol. The largest absolute Gasteiger partial charge is 0.490 e. The number of aryl methyl sites for hydroxylation is 2. The normalized spacial score (nSPS) is 21.7. The molecule has 3 aliphatic heterocycles. The number of piperidine rings is 1. The van der Waals surface area contributed by atoms with Crippen LogP contribution in [0.15, 0.2) is 60.7 Å². The van der Waals surface area contributed by atoms with Crippen molar-refractivity contribution in [3.63, 3.8) is 0 Å². The van der Waals surface area contributed by atoms with E-state index in [1.165, 1.54) is 0 Å². The highest BCUT2D eigenvalue weighted by atomic mass is 16.5. The number of hydrogen-bond acceptors (Lipinski definition) is 7. The van der Waals surface area contributed by atoms with E-state index in [4.69, 9.17) is 24.3 Å². The second kappa shape index (κ2) is 12.8. The number of anilines is 1. The summed E-state index contributed by atoms with van der Waals surface area (Å²) in [6.07, 6.45) is 5.28. The lowest BCUT2D eigenvalue weighted by molar-refractivity contribution is -0.160. The van der Waals surface area contributed by atoms with E-state index in [-0.39, 0.29) is 11.7 Å². The van der Waals surface area contributed by atoms with Gasteiger partial charge in [0.2, 0.25) is 0 Å². The molecule has 3 aliphatic rings. The summed E-state index contributed by atoms with van der Waals surface area (Å²) in [5, 5.41) is 15.6. The Morgan fingerprint density at radius 1 is 1.06 bits per heavy atom. The molecule has 2 aromatic heterocycles. The van der Waals surface area contributed by atoms with Gasteiger partial charge in [-0.1, -0.05) is 42.5 Å². The maximum absolute atomic E-state index is 12.8. The summed E-state index contributed by atoms with van der Waals surface area (Å²) in [6, 6.07) is 16.6. The monoisotopic (exact) mass is 638 g/mol. The molecule has 9 nitrogen and oxygen atoms in total. The van der Waals surface area contributed by atoms with Gasteiger partial charge in [-0.05, 0) is 84.6 Å². The van der Waals surface area contributed by atoms with Gasteiger partial charge in [-0.2, -0.15) is 9.61 Å². The third-order valence-corrected chi connectivity index (χ3v) is 8.98. The number of aromatic nitrogens is 3.